The van der Waals surface area contributed by atoms with Gasteiger partial charge < -0.3 is 9.52 Å². The van der Waals surface area contributed by atoms with Crippen LogP contribution in [0.25, 0.3) is 0 Å². The molecule has 1 amide bonds. The summed E-state index contributed by atoms with van der Waals surface area (Å²) in [5.41, 5.74) is 0.975. The second-order valence-corrected chi connectivity index (χ2v) is 3.90. The van der Waals surface area contributed by atoms with Crippen molar-refractivity contribution in [1.29, 1.82) is 0 Å². The van der Waals surface area contributed by atoms with Crippen LogP contribution in [0.3, 0.4) is 0 Å². The molecule has 6 heteroatoms. The lowest BCUT2D eigenvalue weighted by Crippen LogP contribution is -2.14. The zero-order valence-electron chi connectivity index (χ0n) is 10.6. The molecule has 0 spiro atoms. The summed E-state index contributed by atoms with van der Waals surface area (Å²) in [4.78, 5) is 16.0. The number of benzene rings is 1. The predicted octanol–water partition coefficient (Wildman–Crippen LogP) is 1.72. The van der Waals surface area contributed by atoms with Crippen LogP contribution in [-0.2, 0) is 0 Å². The van der Waals surface area contributed by atoms with Crippen LogP contribution >= 0.6 is 0 Å². The van der Waals surface area contributed by atoms with E-state index in [1.54, 1.807) is 6.92 Å². The number of carbonyl (C=O) groups is 1. The number of amides is 1. The fraction of sp³-hybridized carbons (Fsp3) is 0.143. The number of hydrogen-bond donors (Lipinski definition) is 2. The Bertz CT molecular complexity index is 698. The molecule has 0 radical (unpaired) electrons. The van der Waals surface area contributed by atoms with Gasteiger partial charge in [0.2, 0.25) is 0 Å². The zero-order chi connectivity index (χ0) is 14.5. The lowest BCUT2D eigenvalue weighted by molar-refractivity contribution is 0.102. The molecule has 1 aromatic carbocycles. The van der Waals surface area contributed by atoms with Gasteiger partial charge in [0.1, 0.15) is 18.7 Å². The Labute approximate surface area is 114 Å². The fourth-order valence-corrected chi connectivity index (χ4v) is 1.53. The number of aliphatic hydroxyl groups excluding tert-OH is 1. The molecule has 0 saturated carbocycles. The molecular weight excluding hydrogens is 263 g/mol. The molecule has 1 aromatic heterocycles. The van der Waals surface area contributed by atoms with Crippen molar-refractivity contribution in [2.75, 3.05) is 11.9 Å². The Kier molecular flexibility index (Phi) is 4.13. The first-order valence-corrected chi connectivity index (χ1v) is 5.73. The predicted molar refractivity (Wildman–Crippen MR) is 69.6 cm³/mol. The molecule has 1 heterocycles. The summed E-state index contributed by atoms with van der Waals surface area (Å²) in [5, 5.41) is 11.1. The normalized spacial score (nSPS) is 9.75. The summed E-state index contributed by atoms with van der Waals surface area (Å²) < 4.78 is 18.2. The van der Waals surface area contributed by atoms with E-state index in [4.69, 9.17) is 9.52 Å². The van der Waals surface area contributed by atoms with E-state index < -0.39 is 11.7 Å². The van der Waals surface area contributed by atoms with E-state index in [9.17, 15) is 9.18 Å². The van der Waals surface area contributed by atoms with Crippen LogP contribution in [0.15, 0.2) is 28.9 Å². The van der Waals surface area contributed by atoms with Crippen molar-refractivity contribution in [2.24, 2.45) is 0 Å². The second kappa shape index (κ2) is 5.99. The molecule has 0 atom stereocenters. The van der Waals surface area contributed by atoms with Crippen LogP contribution in [-0.4, -0.2) is 22.6 Å². The van der Waals surface area contributed by atoms with Crippen molar-refractivity contribution >= 4 is 11.9 Å². The number of rotatable bonds is 2. The van der Waals surface area contributed by atoms with E-state index in [1.807, 2.05) is 0 Å². The minimum Gasteiger partial charge on any atom is -0.432 e. The molecule has 2 N–H and O–H groups in total. The van der Waals surface area contributed by atoms with Crippen molar-refractivity contribution in [3.8, 4) is 11.8 Å². The number of hydrogen-bond acceptors (Lipinski definition) is 4. The maximum atomic E-state index is 13.2. The third-order valence-corrected chi connectivity index (χ3v) is 2.37. The van der Waals surface area contributed by atoms with E-state index in [-0.39, 0.29) is 23.7 Å². The van der Waals surface area contributed by atoms with Crippen LogP contribution in [0.2, 0.25) is 0 Å². The Morgan fingerprint density at radius 2 is 2.35 bits per heavy atom. The quantitative estimate of drug-likeness (QED) is 0.818. The summed E-state index contributed by atoms with van der Waals surface area (Å²) in [5.74, 6) is 3.86. The highest BCUT2D eigenvalue weighted by atomic mass is 19.1. The largest absolute Gasteiger partial charge is 0.432 e. The van der Waals surface area contributed by atoms with Crippen molar-refractivity contribution in [3.05, 3.63) is 47.1 Å². The highest BCUT2D eigenvalue weighted by Gasteiger charge is 2.13. The molecule has 0 saturated heterocycles. The van der Waals surface area contributed by atoms with E-state index in [1.165, 1.54) is 12.3 Å². The van der Waals surface area contributed by atoms with Gasteiger partial charge in [-0.05, 0) is 25.1 Å². The summed E-state index contributed by atoms with van der Waals surface area (Å²) in [6, 6.07) is 3.64. The molecule has 0 unspecified atom stereocenters. The van der Waals surface area contributed by atoms with Gasteiger partial charge in [0.05, 0.1) is 11.3 Å². The minimum absolute atomic E-state index is 0.0536. The van der Waals surface area contributed by atoms with Crippen molar-refractivity contribution < 1.29 is 18.7 Å². The fourth-order valence-electron chi connectivity index (χ4n) is 1.53. The van der Waals surface area contributed by atoms with Gasteiger partial charge in [-0.15, -0.1) is 0 Å². The third kappa shape index (κ3) is 3.22. The SMILES string of the molecule is Cc1coc(NC(=O)c2ccc(F)cc2C#CCO)n1. The molecule has 2 aromatic rings. The second-order valence-electron chi connectivity index (χ2n) is 3.90. The van der Waals surface area contributed by atoms with E-state index in [0.29, 0.717) is 5.69 Å². The first-order valence-electron chi connectivity index (χ1n) is 5.73. The Balaban J connectivity index is 2.29. The van der Waals surface area contributed by atoms with Crippen LogP contribution in [0.4, 0.5) is 10.4 Å². The van der Waals surface area contributed by atoms with Gasteiger partial charge >= 0.3 is 6.01 Å². The smallest absolute Gasteiger partial charge is 0.301 e. The standard InChI is InChI=1S/C14H11FN2O3/c1-9-8-20-14(16-9)17-13(19)12-5-4-11(15)7-10(12)3-2-6-18/h4-5,7-8,18H,6H2,1H3,(H,16,17,19). The van der Waals surface area contributed by atoms with Gasteiger partial charge in [-0.1, -0.05) is 11.8 Å². The molecule has 0 bridgehead atoms. The molecule has 5 nitrogen and oxygen atoms in total. The lowest BCUT2D eigenvalue weighted by Gasteiger charge is -2.04. The number of nitrogens with zero attached hydrogens (tertiary/aromatic N) is 1. The van der Waals surface area contributed by atoms with Gasteiger partial charge in [-0.25, -0.2) is 4.39 Å². The molecule has 0 aliphatic rings. The van der Waals surface area contributed by atoms with Crippen LogP contribution in [0.1, 0.15) is 21.6 Å². The van der Waals surface area contributed by atoms with E-state index in [0.717, 1.165) is 12.1 Å². The molecule has 2 rings (SSSR count). The number of aryl methyl sites for hydroxylation is 1. The summed E-state index contributed by atoms with van der Waals surface area (Å²) in [6.07, 6.45) is 1.40. The molecule has 102 valence electrons. The van der Waals surface area contributed by atoms with Gasteiger partial charge in [0.25, 0.3) is 5.91 Å². The first kappa shape index (κ1) is 13.8. The van der Waals surface area contributed by atoms with Crippen LogP contribution < -0.4 is 5.32 Å². The molecule has 0 aliphatic heterocycles. The number of carbonyl (C=O) groups excluding carboxylic acids is 1. The number of anilines is 1. The van der Waals surface area contributed by atoms with Crippen LogP contribution in [0.5, 0.6) is 0 Å². The van der Waals surface area contributed by atoms with Crippen molar-refractivity contribution in [2.45, 2.75) is 6.92 Å². The number of oxazole rings is 1. The highest BCUT2D eigenvalue weighted by Crippen LogP contribution is 2.13. The van der Waals surface area contributed by atoms with E-state index >= 15 is 0 Å². The van der Waals surface area contributed by atoms with Gasteiger partial charge in [0, 0.05) is 5.56 Å². The lowest BCUT2D eigenvalue weighted by atomic mass is 10.1. The van der Waals surface area contributed by atoms with Crippen LogP contribution in [0, 0.1) is 24.6 Å². The van der Waals surface area contributed by atoms with E-state index in [2.05, 4.69) is 22.1 Å². The minimum atomic E-state index is -0.519. The summed E-state index contributed by atoms with van der Waals surface area (Å²) in [7, 11) is 0. The zero-order valence-corrected chi connectivity index (χ0v) is 10.6. The maximum Gasteiger partial charge on any atom is 0.301 e. The Morgan fingerprint density at radius 3 is 3.00 bits per heavy atom. The van der Waals surface area contributed by atoms with Gasteiger partial charge in [-0.2, -0.15) is 4.98 Å². The topological polar surface area (TPSA) is 75.4 Å². The average Bonchev–Trinajstić information content (AvgIpc) is 2.81. The molecule has 0 aliphatic carbocycles. The third-order valence-electron chi connectivity index (χ3n) is 2.37. The van der Waals surface area contributed by atoms with Crippen molar-refractivity contribution in [3.63, 3.8) is 0 Å². The Morgan fingerprint density at radius 1 is 1.55 bits per heavy atom. The average molecular weight is 274 g/mol. The van der Waals surface area contributed by atoms with Gasteiger partial charge in [0.15, 0.2) is 0 Å². The number of aliphatic hydroxyl groups is 1. The number of halogens is 1. The van der Waals surface area contributed by atoms with Gasteiger partial charge in [-0.3, -0.25) is 10.1 Å². The highest BCUT2D eigenvalue weighted by molar-refractivity contribution is 6.04. The summed E-state index contributed by atoms with van der Waals surface area (Å²) in [6.45, 7) is 1.34. The maximum absolute atomic E-state index is 13.2. The first-order chi connectivity index (χ1) is 9.60. The van der Waals surface area contributed by atoms with Crippen molar-refractivity contribution in [1.82, 2.24) is 4.98 Å². The molecular formula is C14H11FN2O3. The number of nitrogens with one attached hydrogen (secondary N) is 1. The summed E-state index contributed by atoms with van der Waals surface area (Å²) >= 11 is 0. The molecule has 20 heavy (non-hydrogen) atoms. The monoisotopic (exact) mass is 274 g/mol. The number of aromatic nitrogens is 1. The molecule has 0 fully saturated rings. The Hall–Kier alpha value is -2.65.